The molecule has 0 unspecified atom stereocenters. The van der Waals surface area contributed by atoms with Gasteiger partial charge in [0, 0.05) is 17.2 Å². The van der Waals surface area contributed by atoms with Crippen molar-refractivity contribution in [1.29, 1.82) is 0 Å². The molecule has 0 radical (unpaired) electrons. The minimum atomic E-state index is 0.0169. The first-order valence-corrected chi connectivity index (χ1v) is 5.71. The summed E-state index contributed by atoms with van der Waals surface area (Å²) >= 11 is 0. The number of rotatable bonds is 2. The van der Waals surface area contributed by atoms with Crippen molar-refractivity contribution in [3.8, 4) is 0 Å². The van der Waals surface area contributed by atoms with Crippen LogP contribution in [-0.2, 0) is 11.2 Å². The van der Waals surface area contributed by atoms with Crippen LogP contribution < -0.4 is 5.32 Å². The predicted octanol–water partition coefficient (Wildman–Crippen LogP) is 2.16. The number of benzene rings is 1. The van der Waals surface area contributed by atoms with Crippen LogP contribution in [0.2, 0.25) is 0 Å². The molecule has 0 bridgehead atoms. The van der Waals surface area contributed by atoms with E-state index in [9.17, 15) is 9.59 Å². The van der Waals surface area contributed by atoms with Gasteiger partial charge in [0.05, 0.1) is 6.42 Å². The molecule has 0 atom stereocenters. The van der Waals surface area contributed by atoms with Crippen molar-refractivity contribution < 1.29 is 9.59 Å². The van der Waals surface area contributed by atoms with E-state index >= 15 is 0 Å². The SMILES string of the molecule is O=C1Cc2cc(C(=O)C3CCC3)ccc2N1. The molecule has 0 saturated heterocycles. The van der Waals surface area contributed by atoms with Gasteiger partial charge in [-0.25, -0.2) is 0 Å². The topological polar surface area (TPSA) is 46.2 Å². The summed E-state index contributed by atoms with van der Waals surface area (Å²) in [4.78, 5) is 23.2. The highest BCUT2D eigenvalue weighted by Gasteiger charge is 2.27. The molecule has 1 aromatic carbocycles. The summed E-state index contributed by atoms with van der Waals surface area (Å²) in [5.74, 6) is 0.486. The maximum Gasteiger partial charge on any atom is 0.228 e. The second-order valence-corrected chi connectivity index (χ2v) is 4.59. The van der Waals surface area contributed by atoms with Gasteiger partial charge in [0.1, 0.15) is 0 Å². The molecule has 16 heavy (non-hydrogen) atoms. The van der Waals surface area contributed by atoms with Crippen molar-refractivity contribution in [2.75, 3.05) is 5.32 Å². The number of amides is 1. The zero-order valence-corrected chi connectivity index (χ0v) is 8.95. The third-order valence-corrected chi connectivity index (χ3v) is 3.49. The highest BCUT2D eigenvalue weighted by molar-refractivity contribution is 6.03. The van der Waals surface area contributed by atoms with Gasteiger partial charge in [0.25, 0.3) is 0 Å². The minimum absolute atomic E-state index is 0.0169. The highest BCUT2D eigenvalue weighted by Crippen LogP contribution is 2.31. The van der Waals surface area contributed by atoms with E-state index in [1.54, 1.807) is 0 Å². The fourth-order valence-electron chi connectivity index (χ4n) is 2.29. The first kappa shape index (κ1) is 9.58. The molecule has 3 heteroatoms. The molecule has 3 nitrogen and oxygen atoms in total. The zero-order chi connectivity index (χ0) is 11.1. The Morgan fingerprint density at radius 3 is 2.81 bits per heavy atom. The molecular formula is C13H13NO2. The molecule has 3 rings (SSSR count). The third-order valence-electron chi connectivity index (χ3n) is 3.49. The van der Waals surface area contributed by atoms with Crippen molar-refractivity contribution in [2.24, 2.45) is 5.92 Å². The first-order chi connectivity index (χ1) is 7.74. The minimum Gasteiger partial charge on any atom is -0.326 e. The Bertz CT molecular complexity index is 475. The van der Waals surface area contributed by atoms with Crippen LogP contribution in [-0.4, -0.2) is 11.7 Å². The number of hydrogen-bond donors (Lipinski definition) is 1. The van der Waals surface area contributed by atoms with Crippen LogP contribution >= 0.6 is 0 Å². The molecule has 0 spiro atoms. The number of anilines is 1. The number of Topliss-reactive ketones (excluding diaryl/α,β-unsaturated/α-hetero) is 1. The predicted molar refractivity (Wildman–Crippen MR) is 60.4 cm³/mol. The highest BCUT2D eigenvalue weighted by atomic mass is 16.1. The van der Waals surface area contributed by atoms with Crippen LogP contribution in [0.25, 0.3) is 0 Å². The van der Waals surface area contributed by atoms with E-state index in [1.807, 2.05) is 18.2 Å². The average molecular weight is 215 g/mol. The van der Waals surface area contributed by atoms with E-state index < -0.39 is 0 Å². The van der Waals surface area contributed by atoms with Gasteiger partial charge < -0.3 is 5.32 Å². The average Bonchev–Trinajstić information content (AvgIpc) is 2.53. The molecule has 1 aromatic rings. The lowest BCUT2D eigenvalue weighted by Gasteiger charge is -2.23. The summed E-state index contributed by atoms with van der Waals surface area (Å²) in [5, 5.41) is 2.77. The lowest BCUT2D eigenvalue weighted by Crippen LogP contribution is -2.21. The fraction of sp³-hybridized carbons (Fsp3) is 0.385. The van der Waals surface area contributed by atoms with Gasteiger partial charge in [-0.15, -0.1) is 0 Å². The van der Waals surface area contributed by atoms with Crippen molar-refractivity contribution in [1.82, 2.24) is 0 Å². The molecule has 1 aliphatic heterocycles. The molecule has 2 aliphatic rings. The van der Waals surface area contributed by atoms with Gasteiger partial charge in [-0.1, -0.05) is 6.42 Å². The molecular weight excluding hydrogens is 202 g/mol. The van der Waals surface area contributed by atoms with Gasteiger partial charge in [-0.3, -0.25) is 9.59 Å². The Balaban J connectivity index is 1.89. The zero-order valence-electron chi connectivity index (χ0n) is 8.95. The summed E-state index contributed by atoms with van der Waals surface area (Å²) in [5.41, 5.74) is 2.57. The molecule has 1 aliphatic carbocycles. The lowest BCUT2D eigenvalue weighted by atomic mass is 9.80. The fourth-order valence-corrected chi connectivity index (χ4v) is 2.29. The maximum atomic E-state index is 12.0. The summed E-state index contributed by atoms with van der Waals surface area (Å²) in [7, 11) is 0. The van der Waals surface area contributed by atoms with Crippen molar-refractivity contribution in [3.63, 3.8) is 0 Å². The summed E-state index contributed by atoms with van der Waals surface area (Å²) < 4.78 is 0. The Labute approximate surface area is 93.8 Å². The van der Waals surface area contributed by atoms with Crippen molar-refractivity contribution in [2.45, 2.75) is 25.7 Å². The monoisotopic (exact) mass is 215 g/mol. The van der Waals surface area contributed by atoms with E-state index in [0.717, 1.165) is 29.7 Å². The van der Waals surface area contributed by atoms with Crippen LogP contribution in [0, 0.1) is 5.92 Å². The van der Waals surface area contributed by atoms with Crippen LogP contribution in [0.5, 0.6) is 0 Å². The number of fused-ring (bicyclic) bond motifs is 1. The van der Waals surface area contributed by atoms with E-state index in [2.05, 4.69) is 5.32 Å². The summed E-state index contributed by atoms with van der Waals surface area (Å²) in [6, 6.07) is 5.53. The number of hydrogen-bond acceptors (Lipinski definition) is 2. The number of nitrogens with one attached hydrogen (secondary N) is 1. The first-order valence-electron chi connectivity index (χ1n) is 5.71. The smallest absolute Gasteiger partial charge is 0.228 e. The third kappa shape index (κ3) is 1.43. The van der Waals surface area contributed by atoms with E-state index in [1.165, 1.54) is 6.42 Å². The molecule has 0 aromatic heterocycles. The van der Waals surface area contributed by atoms with Crippen LogP contribution in [0.4, 0.5) is 5.69 Å². The second-order valence-electron chi connectivity index (χ2n) is 4.59. The van der Waals surface area contributed by atoms with Crippen LogP contribution in [0.15, 0.2) is 18.2 Å². The molecule has 1 fully saturated rings. The van der Waals surface area contributed by atoms with E-state index in [-0.39, 0.29) is 17.6 Å². The largest absolute Gasteiger partial charge is 0.326 e. The van der Waals surface area contributed by atoms with Crippen molar-refractivity contribution >= 4 is 17.4 Å². The maximum absolute atomic E-state index is 12.0. The van der Waals surface area contributed by atoms with Crippen molar-refractivity contribution in [3.05, 3.63) is 29.3 Å². The summed E-state index contributed by atoms with van der Waals surface area (Å²) in [6.07, 6.45) is 3.61. The standard InChI is InChI=1S/C13H13NO2/c15-12-7-10-6-9(4-5-11(10)14-12)13(16)8-2-1-3-8/h4-6,8H,1-3,7H2,(H,14,15). The lowest BCUT2D eigenvalue weighted by molar-refractivity contribution is -0.115. The Kier molecular flexibility index (Phi) is 2.06. The quantitative estimate of drug-likeness (QED) is 0.768. The Hall–Kier alpha value is -1.64. The normalized spacial score (nSPS) is 18.9. The molecule has 1 amide bonds. The van der Waals surface area contributed by atoms with Gasteiger partial charge in [0.2, 0.25) is 5.91 Å². The van der Waals surface area contributed by atoms with E-state index in [4.69, 9.17) is 0 Å². The Morgan fingerprint density at radius 2 is 2.12 bits per heavy atom. The second kappa shape index (κ2) is 3.44. The van der Waals surface area contributed by atoms with Gasteiger partial charge in [-0.2, -0.15) is 0 Å². The molecule has 1 N–H and O–H groups in total. The number of ketones is 1. The van der Waals surface area contributed by atoms with Gasteiger partial charge >= 0.3 is 0 Å². The Morgan fingerprint density at radius 1 is 1.31 bits per heavy atom. The van der Waals surface area contributed by atoms with E-state index in [0.29, 0.717) is 6.42 Å². The molecule has 82 valence electrons. The van der Waals surface area contributed by atoms with Crippen LogP contribution in [0.1, 0.15) is 35.2 Å². The molecule has 1 saturated carbocycles. The number of carbonyl (C=O) groups is 2. The van der Waals surface area contributed by atoms with Crippen LogP contribution in [0.3, 0.4) is 0 Å². The number of carbonyl (C=O) groups excluding carboxylic acids is 2. The van der Waals surface area contributed by atoms with Gasteiger partial charge in [-0.05, 0) is 36.6 Å². The molecule has 1 heterocycles. The summed E-state index contributed by atoms with van der Waals surface area (Å²) in [6.45, 7) is 0. The van der Waals surface area contributed by atoms with Gasteiger partial charge in [0.15, 0.2) is 5.78 Å².